The Kier molecular flexibility index (Phi) is 10.7. The van der Waals surface area contributed by atoms with E-state index < -0.39 is 57.1 Å². The van der Waals surface area contributed by atoms with Crippen LogP contribution in [0.3, 0.4) is 0 Å². The Hall–Kier alpha value is -3.95. The van der Waals surface area contributed by atoms with Crippen LogP contribution in [0, 0.1) is 5.82 Å². The minimum atomic E-state index is -4.69. The van der Waals surface area contributed by atoms with E-state index in [-0.39, 0.29) is 29.3 Å². The van der Waals surface area contributed by atoms with Crippen molar-refractivity contribution in [3.05, 3.63) is 46.6 Å². The van der Waals surface area contributed by atoms with E-state index >= 15 is 4.39 Å². The van der Waals surface area contributed by atoms with Gasteiger partial charge in [-0.3, -0.25) is 14.1 Å². The maximum atomic E-state index is 15.0. The number of ether oxygens (including phenoxy) is 1. The summed E-state index contributed by atoms with van der Waals surface area (Å²) in [6.45, 7) is 9.17. The molecular formula is C31H40F4N6O5S. The summed E-state index contributed by atoms with van der Waals surface area (Å²) in [5, 5.41) is 6.75. The molecule has 1 amide bonds. The molecule has 3 aromatic rings. The summed E-state index contributed by atoms with van der Waals surface area (Å²) in [7, 11) is -4.47. The molecule has 1 aromatic carbocycles. The van der Waals surface area contributed by atoms with E-state index in [2.05, 4.69) is 20.6 Å². The zero-order valence-corrected chi connectivity index (χ0v) is 27.7. The summed E-state index contributed by atoms with van der Waals surface area (Å²) < 4.78 is 85.4. The van der Waals surface area contributed by atoms with Crippen LogP contribution in [0.25, 0.3) is 22.2 Å². The number of carbonyl (C=O) groups is 1. The van der Waals surface area contributed by atoms with E-state index in [1.807, 2.05) is 18.6 Å². The molecule has 2 heterocycles. The largest absolute Gasteiger partial charge is 0.444 e. The highest BCUT2D eigenvalue weighted by Gasteiger charge is 2.30. The number of benzene rings is 1. The number of nitrogens with zero attached hydrogens (tertiary/aromatic N) is 3. The van der Waals surface area contributed by atoms with Gasteiger partial charge < -0.3 is 15.4 Å². The second-order valence-corrected chi connectivity index (χ2v) is 14.6. The van der Waals surface area contributed by atoms with Gasteiger partial charge in [0.05, 0.1) is 17.9 Å². The van der Waals surface area contributed by atoms with Crippen LogP contribution in [0.4, 0.5) is 34.0 Å². The number of sulfonamides is 1. The van der Waals surface area contributed by atoms with Crippen molar-refractivity contribution in [3.63, 3.8) is 0 Å². The van der Waals surface area contributed by atoms with Crippen LogP contribution >= 0.6 is 0 Å². The summed E-state index contributed by atoms with van der Waals surface area (Å²) >= 11 is 0. The van der Waals surface area contributed by atoms with Crippen molar-refractivity contribution in [1.82, 2.24) is 19.9 Å². The van der Waals surface area contributed by atoms with E-state index in [1.54, 1.807) is 27.0 Å². The SMILES string of the molecule is CC[C@@H](C)n1c(=O)c(-c2ccc(NS(=O)(=O)CCC(F)(F)F)c(F)c2)cc2cnc(N[C@H]3CC[C@H](NC(=O)OC(C)(C)C)CC3)nc21. The molecule has 0 spiro atoms. The van der Waals surface area contributed by atoms with Crippen LogP contribution < -0.4 is 20.9 Å². The van der Waals surface area contributed by atoms with Crippen molar-refractivity contribution in [1.29, 1.82) is 0 Å². The van der Waals surface area contributed by atoms with Gasteiger partial charge in [0.2, 0.25) is 16.0 Å². The number of aromatic nitrogens is 3. The maximum Gasteiger partial charge on any atom is 0.407 e. The highest BCUT2D eigenvalue weighted by molar-refractivity contribution is 7.92. The quantitative estimate of drug-likeness (QED) is 0.205. The number of anilines is 2. The summed E-state index contributed by atoms with van der Waals surface area (Å²) in [6, 6.07) is 4.59. The molecule has 0 radical (unpaired) electrons. The van der Waals surface area contributed by atoms with Gasteiger partial charge in [-0.2, -0.15) is 18.2 Å². The second-order valence-electron chi connectivity index (χ2n) is 12.8. The Labute approximate surface area is 270 Å². The molecule has 1 aliphatic carbocycles. The first-order chi connectivity index (χ1) is 21.8. The molecule has 3 N–H and O–H groups in total. The van der Waals surface area contributed by atoms with E-state index in [0.29, 0.717) is 23.4 Å². The van der Waals surface area contributed by atoms with Gasteiger partial charge in [0.1, 0.15) is 17.1 Å². The van der Waals surface area contributed by atoms with Crippen molar-refractivity contribution in [2.75, 3.05) is 15.8 Å². The Bertz CT molecular complexity index is 1770. The van der Waals surface area contributed by atoms with Crippen LogP contribution in [0.15, 0.2) is 35.3 Å². The first kappa shape index (κ1) is 35.9. The van der Waals surface area contributed by atoms with Gasteiger partial charge in [-0.05, 0) is 83.6 Å². The zero-order valence-electron chi connectivity index (χ0n) is 26.9. The predicted octanol–water partition coefficient (Wildman–Crippen LogP) is 6.51. The van der Waals surface area contributed by atoms with Gasteiger partial charge in [0.25, 0.3) is 5.56 Å². The molecule has 4 rings (SSSR count). The lowest BCUT2D eigenvalue weighted by molar-refractivity contribution is -0.129. The molecule has 47 heavy (non-hydrogen) atoms. The highest BCUT2D eigenvalue weighted by atomic mass is 32.2. The smallest absolute Gasteiger partial charge is 0.407 e. The first-order valence-corrected chi connectivity index (χ1v) is 17.0. The third-order valence-electron chi connectivity index (χ3n) is 7.79. The van der Waals surface area contributed by atoms with Crippen LogP contribution in [0.2, 0.25) is 0 Å². The normalized spacial score (nSPS) is 18.1. The Morgan fingerprint density at radius 1 is 1.11 bits per heavy atom. The Morgan fingerprint density at radius 3 is 2.36 bits per heavy atom. The fourth-order valence-corrected chi connectivity index (χ4v) is 6.36. The summed E-state index contributed by atoms with van der Waals surface area (Å²) in [5.74, 6) is -1.98. The number of carbonyl (C=O) groups excluding carboxylic acids is 1. The Morgan fingerprint density at radius 2 is 1.77 bits per heavy atom. The molecule has 1 fully saturated rings. The molecule has 16 heteroatoms. The number of nitrogens with one attached hydrogen (secondary N) is 3. The number of rotatable bonds is 10. The Balaban J connectivity index is 1.54. The van der Waals surface area contributed by atoms with Crippen LogP contribution in [0.1, 0.15) is 79.2 Å². The monoisotopic (exact) mass is 684 g/mol. The number of pyridine rings is 1. The minimum absolute atomic E-state index is 0.0112. The fraction of sp³-hybridized carbons (Fsp3) is 0.548. The number of hydrogen-bond acceptors (Lipinski definition) is 8. The lowest BCUT2D eigenvalue weighted by Crippen LogP contribution is -2.42. The van der Waals surface area contributed by atoms with Gasteiger partial charge in [-0.25, -0.2) is 22.6 Å². The van der Waals surface area contributed by atoms with E-state index in [4.69, 9.17) is 4.74 Å². The van der Waals surface area contributed by atoms with Crippen LogP contribution in [0.5, 0.6) is 0 Å². The van der Waals surface area contributed by atoms with Crippen molar-refractivity contribution in [3.8, 4) is 11.1 Å². The highest BCUT2D eigenvalue weighted by Crippen LogP contribution is 2.29. The number of alkyl halides is 3. The average molecular weight is 685 g/mol. The van der Waals surface area contributed by atoms with Gasteiger partial charge in [-0.15, -0.1) is 0 Å². The first-order valence-electron chi connectivity index (χ1n) is 15.4. The van der Waals surface area contributed by atoms with Crippen molar-refractivity contribution >= 4 is 38.8 Å². The predicted molar refractivity (Wildman–Crippen MR) is 171 cm³/mol. The molecule has 1 aliphatic rings. The molecular weight excluding hydrogens is 644 g/mol. The van der Waals surface area contributed by atoms with E-state index in [1.165, 1.54) is 16.7 Å². The summed E-state index contributed by atoms with van der Waals surface area (Å²) in [4.78, 5) is 35.1. The molecule has 0 saturated heterocycles. The molecule has 2 aromatic heterocycles. The number of hydrogen-bond donors (Lipinski definition) is 3. The lowest BCUT2D eigenvalue weighted by Gasteiger charge is -2.30. The number of amides is 1. The summed E-state index contributed by atoms with van der Waals surface area (Å²) in [5.41, 5.74) is -0.940. The average Bonchev–Trinajstić information content (AvgIpc) is 2.96. The van der Waals surface area contributed by atoms with Gasteiger partial charge in [0, 0.05) is 35.3 Å². The number of fused-ring (bicyclic) bond motifs is 1. The van der Waals surface area contributed by atoms with E-state index in [0.717, 1.165) is 37.8 Å². The van der Waals surface area contributed by atoms with E-state index in [9.17, 15) is 31.2 Å². The van der Waals surface area contributed by atoms with Crippen molar-refractivity contribution < 1.29 is 35.5 Å². The van der Waals surface area contributed by atoms with Crippen molar-refractivity contribution in [2.45, 2.75) is 103 Å². The number of halogens is 4. The second kappa shape index (κ2) is 14.0. The maximum absolute atomic E-state index is 15.0. The van der Waals surface area contributed by atoms with Gasteiger partial charge >= 0.3 is 12.3 Å². The molecule has 258 valence electrons. The summed E-state index contributed by atoms with van der Waals surface area (Å²) in [6.07, 6.45) is -1.62. The molecule has 0 aliphatic heterocycles. The lowest BCUT2D eigenvalue weighted by atomic mass is 9.91. The van der Waals surface area contributed by atoms with Gasteiger partial charge in [-0.1, -0.05) is 13.0 Å². The zero-order chi connectivity index (χ0) is 34.7. The van der Waals surface area contributed by atoms with Gasteiger partial charge in [0.15, 0.2) is 0 Å². The standard InChI is InChI=1S/C31H40F4N6O5S/c1-6-18(2)41-26-20(17-36-28(39-26)37-21-8-10-22(11-9-21)38-29(43)46-30(3,4)5)15-23(27(41)42)19-7-12-25(24(32)16-19)40-47(44,45)14-13-31(33,34)35/h7,12,15-18,21-22,40H,6,8-11,13-14H2,1-5H3,(H,38,43)(H,36,37,39)/t18-,21-,22-/m1/s1. The van der Waals surface area contributed by atoms with Crippen molar-refractivity contribution in [2.24, 2.45) is 0 Å². The fourth-order valence-electron chi connectivity index (χ4n) is 5.26. The van der Waals surface area contributed by atoms with Crippen LogP contribution in [-0.2, 0) is 14.8 Å². The third kappa shape index (κ3) is 9.78. The number of alkyl carbamates (subject to hydrolysis) is 1. The third-order valence-corrected chi connectivity index (χ3v) is 9.06. The molecule has 1 atom stereocenters. The molecule has 0 bridgehead atoms. The molecule has 11 nitrogen and oxygen atoms in total. The minimum Gasteiger partial charge on any atom is -0.444 e. The molecule has 1 saturated carbocycles. The topological polar surface area (TPSA) is 144 Å². The molecule has 0 unspecified atom stereocenters. The van der Waals surface area contributed by atoms with Crippen LogP contribution in [-0.4, -0.2) is 58.7 Å².